The molecular weight excluding hydrogens is 510 g/mol. The van der Waals surface area contributed by atoms with Crippen LogP contribution in [0.4, 0.5) is 23.2 Å². The van der Waals surface area contributed by atoms with Gasteiger partial charge >= 0.3 is 12.1 Å². The highest BCUT2D eigenvalue weighted by atomic mass is 19.4. The summed E-state index contributed by atoms with van der Waals surface area (Å²) in [5.74, 6) is 4.43. The van der Waals surface area contributed by atoms with Gasteiger partial charge in [-0.25, -0.2) is 9.18 Å². The van der Waals surface area contributed by atoms with Gasteiger partial charge in [0.05, 0.1) is 11.1 Å². The van der Waals surface area contributed by atoms with Crippen molar-refractivity contribution in [1.29, 1.82) is 0 Å². The van der Waals surface area contributed by atoms with E-state index in [0.29, 0.717) is 35.2 Å². The largest absolute Gasteiger partial charge is 0.457 e. The highest BCUT2D eigenvalue weighted by Crippen LogP contribution is 2.56. The molecule has 3 aromatic carbocycles. The molecule has 1 amide bonds. The summed E-state index contributed by atoms with van der Waals surface area (Å²) in [6.07, 6.45) is -3.74. The van der Waals surface area contributed by atoms with Crippen molar-refractivity contribution in [2.75, 3.05) is 5.32 Å². The van der Waals surface area contributed by atoms with Gasteiger partial charge in [-0.1, -0.05) is 29.5 Å². The van der Waals surface area contributed by atoms with Crippen LogP contribution in [-0.4, -0.2) is 11.9 Å². The fourth-order valence-corrected chi connectivity index (χ4v) is 4.99. The van der Waals surface area contributed by atoms with E-state index in [1.54, 1.807) is 25.1 Å². The first kappa shape index (κ1) is 26.5. The number of aryl methyl sites for hydroxylation is 1. The van der Waals surface area contributed by atoms with Crippen LogP contribution in [0.3, 0.4) is 0 Å². The number of esters is 1. The van der Waals surface area contributed by atoms with Gasteiger partial charge in [-0.3, -0.25) is 4.79 Å². The number of halogens is 4. The average Bonchev–Trinajstić information content (AvgIpc) is 3.57. The van der Waals surface area contributed by atoms with Crippen molar-refractivity contribution >= 4 is 17.6 Å². The molecule has 0 saturated heterocycles. The SMILES string of the molecule is Cc1ccc(C#C[C@](C)(CC2(c3cc(C(F)(F)F)ccc3F)CC2)C(=O)Nc2ccc3c(c2)COC3=O)cc1. The number of benzene rings is 3. The molecule has 1 atom stereocenters. The van der Waals surface area contributed by atoms with Gasteiger partial charge in [0.25, 0.3) is 0 Å². The maximum Gasteiger partial charge on any atom is 0.416 e. The molecule has 39 heavy (non-hydrogen) atoms. The molecule has 0 radical (unpaired) electrons. The summed E-state index contributed by atoms with van der Waals surface area (Å²) in [6.45, 7) is 3.65. The molecule has 0 spiro atoms. The van der Waals surface area contributed by atoms with Crippen LogP contribution in [0.25, 0.3) is 0 Å². The Morgan fingerprint density at radius 1 is 1.05 bits per heavy atom. The summed E-state index contributed by atoms with van der Waals surface area (Å²) < 4.78 is 60.2. The van der Waals surface area contributed by atoms with E-state index in [-0.39, 0.29) is 18.6 Å². The molecule has 4 nitrogen and oxygen atoms in total. The number of fused-ring (bicyclic) bond motifs is 1. The molecule has 200 valence electrons. The van der Waals surface area contributed by atoms with E-state index in [9.17, 15) is 27.2 Å². The third kappa shape index (κ3) is 5.40. The normalized spacial score (nSPS) is 16.8. The molecule has 5 rings (SSSR count). The molecule has 8 heteroatoms. The molecule has 0 bridgehead atoms. The fourth-order valence-electron chi connectivity index (χ4n) is 4.99. The van der Waals surface area contributed by atoms with Gasteiger partial charge in [0.2, 0.25) is 5.91 Å². The lowest BCUT2D eigenvalue weighted by Crippen LogP contribution is -2.36. The summed E-state index contributed by atoms with van der Waals surface area (Å²) in [4.78, 5) is 25.5. The Morgan fingerprint density at radius 3 is 2.44 bits per heavy atom. The number of carbonyl (C=O) groups is 2. The monoisotopic (exact) mass is 535 g/mol. The van der Waals surface area contributed by atoms with Gasteiger partial charge in [-0.05, 0) is 87.2 Å². The van der Waals surface area contributed by atoms with E-state index in [1.807, 2.05) is 31.2 Å². The minimum atomic E-state index is -4.62. The molecular formula is C31H25F4NO3. The van der Waals surface area contributed by atoms with Crippen LogP contribution in [-0.2, 0) is 27.7 Å². The van der Waals surface area contributed by atoms with Crippen molar-refractivity contribution in [3.8, 4) is 11.8 Å². The van der Waals surface area contributed by atoms with E-state index in [0.717, 1.165) is 23.8 Å². The maximum absolute atomic E-state index is 14.9. The van der Waals surface area contributed by atoms with Crippen LogP contribution in [0.15, 0.2) is 60.7 Å². The molecule has 3 aromatic rings. The van der Waals surface area contributed by atoms with Gasteiger partial charge in [0, 0.05) is 22.2 Å². The number of ether oxygens (including phenoxy) is 1. The van der Waals surface area contributed by atoms with Crippen molar-refractivity contribution in [3.05, 3.63) is 99.9 Å². The van der Waals surface area contributed by atoms with Crippen molar-refractivity contribution < 1.29 is 31.9 Å². The quantitative estimate of drug-likeness (QED) is 0.219. The first-order valence-electron chi connectivity index (χ1n) is 12.5. The molecule has 1 aliphatic carbocycles. The Bertz CT molecular complexity index is 1530. The van der Waals surface area contributed by atoms with Crippen LogP contribution in [0.5, 0.6) is 0 Å². The second-order valence-electron chi connectivity index (χ2n) is 10.5. The van der Waals surface area contributed by atoms with Crippen molar-refractivity contribution in [3.63, 3.8) is 0 Å². The van der Waals surface area contributed by atoms with E-state index in [1.165, 1.54) is 0 Å². The zero-order valence-corrected chi connectivity index (χ0v) is 21.3. The minimum absolute atomic E-state index is 0.0233. The van der Waals surface area contributed by atoms with Crippen molar-refractivity contribution in [2.24, 2.45) is 5.41 Å². The molecule has 1 heterocycles. The van der Waals surface area contributed by atoms with Gasteiger partial charge in [0.15, 0.2) is 0 Å². The predicted molar refractivity (Wildman–Crippen MR) is 137 cm³/mol. The number of nitrogens with one attached hydrogen (secondary N) is 1. The van der Waals surface area contributed by atoms with Gasteiger partial charge in [-0.15, -0.1) is 0 Å². The fraction of sp³-hybridized carbons (Fsp3) is 0.290. The Labute approximate surface area is 223 Å². The van der Waals surface area contributed by atoms with Crippen LogP contribution in [0.2, 0.25) is 0 Å². The lowest BCUT2D eigenvalue weighted by Gasteiger charge is -2.29. The van der Waals surface area contributed by atoms with Crippen molar-refractivity contribution in [2.45, 2.75) is 51.3 Å². The van der Waals surface area contributed by atoms with Crippen molar-refractivity contribution in [1.82, 2.24) is 0 Å². The summed E-state index contributed by atoms with van der Waals surface area (Å²) in [5.41, 5.74) is -0.138. The summed E-state index contributed by atoms with van der Waals surface area (Å²) >= 11 is 0. The lowest BCUT2D eigenvalue weighted by atomic mass is 9.75. The topological polar surface area (TPSA) is 55.4 Å². The molecule has 1 saturated carbocycles. The second-order valence-corrected chi connectivity index (χ2v) is 10.5. The first-order valence-corrected chi connectivity index (χ1v) is 12.5. The molecule has 1 N–H and O–H groups in total. The summed E-state index contributed by atoms with van der Waals surface area (Å²) in [7, 11) is 0. The van der Waals surface area contributed by atoms with E-state index >= 15 is 0 Å². The Balaban J connectivity index is 1.50. The molecule has 1 fully saturated rings. The number of cyclic esters (lactones) is 1. The Hall–Kier alpha value is -4.12. The zero-order valence-electron chi connectivity index (χ0n) is 21.3. The highest BCUT2D eigenvalue weighted by Gasteiger charge is 2.52. The first-order chi connectivity index (χ1) is 18.4. The van der Waals surface area contributed by atoms with Gasteiger partial charge < -0.3 is 10.1 Å². The molecule has 1 aliphatic heterocycles. The predicted octanol–water partition coefficient (Wildman–Crippen LogP) is 6.94. The number of hydrogen-bond donors (Lipinski definition) is 1. The number of anilines is 1. The van der Waals surface area contributed by atoms with Gasteiger partial charge in [-0.2, -0.15) is 13.2 Å². The standard InChI is InChI=1S/C31H25F4NO3/c1-19-3-5-20(6-4-19)11-12-29(2,28(38)36-23-8-9-24-21(15-23)17-39-27(24)37)18-30(13-14-30)25-16-22(31(33,34)35)7-10-26(25)32/h3-10,15-16H,13-14,17-18H2,1-2H3,(H,36,38)/t29-/m1/s1. The van der Waals surface area contributed by atoms with Crippen LogP contribution >= 0.6 is 0 Å². The number of carbonyl (C=O) groups excluding carboxylic acids is 2. The number of alkyl halides is 3. The summed E-state index contributed by atoms with van der Waals surface area (Å²) in [5, 5.41) is 2.84. The Kier molecular flexibility index (Phi) is 6.50. The Morgan fingerprint density at radius 2 is 1.77 bits per heavy atom. The van der Waals surface area contributed by atoms with Gasteiger partial charge in [0.1, 0.15) is 17.8 Å². The molecule has 0 unspecified atom stereocenters. The molecule has 0 aromatic heterocycles. The number of hydrogen-bond acceptors (Lipinski definition) is 3. The number of amides is 1. The minimum Gasteiger partial charge on any atom is -0.457 e. The van der Waals surface area contributed by atoms with Crippen LogP contribution in [0.1, 0.15) is 64.4 Å². The zero-order chi connectivity index (χ0) is 28.0. The number of rotatable bonds is 5. The highest BCUT2D eigenvalue weighted by molar-refractivity contribution is 5.99. The van der Waals surface area contributed by atoms with E-state index < -0.39 is 40.3 Å². The van der Waals surface area contributed by atoms with Crippen LogP contribution in [0, 0.1) is 30.0 Å². The van der Waals surface area contributed by atoms with Crippen LogP contribution < -0.4 is 5.32 Å². The summed E-state index contributed by atoms with van der Waals surface area (Å²) in [6, 6.07) is 14.6. The van der Waals surface area contributed by atoms with E-state index in [4.69, 9.17) is 4.74 Å². The van der Waals surface area contributed by atoms with E-state index in [2.05, 4.69) is 17.2 Å². The third-order valence-electron chi connectivity index (χ3n) is 7.39. The third-order valence-corrected chi connectivity index (χ3v) is 7.39. The lowest BCUT2D eigenvalue weighted by molar-refractivity contribution is -0.137. The molecule has 2 aliphatic rings. The average molecular weight is 536 g/mol. The second kappa shape index (κ2) is 9.57. The maximum atomic E-state index is 14.9. The smallest absolute Gasteiger partial charge is 0.416 e.